The average Bonchev–Trinajstić information content (AvgIpc) is 3.02. The summed E-state index contributed by atoms with van der Waals surface area (Å²) in [5, 5.41) is 10.8. The Morgan fingerprint density at radius 1 is 1.21 bits per heavy atom. The van der Waals surface area contributed by atoms with Gasteiger partial charge in [0, 0.05) is 6.07 Å². The summed E-state index contributed by atoms with van der Waals surface area (Å²) in [6, 6.07) is 10.3. The maximum atomic E-state index is 13.6. The van der Waals surface area contributed by atoms with E-state index in [1.54, 1.807) is 18.5 Å². The first-order valence-corrected chi connectivity index (χ1v) is 8.73. The van der Waals surface area contributed by atoms with Gasteiger partial charge in [-0.05, 0) is 50.6 Å². The molecule has 0 fully saturated rings. The highest BCUT2D eigenvalue weighted by atomic mass is 19.1. The van der Waals surface area contributed by atoms with E-state index in [0.29, 0.717) is 5.69 Å². The van der Waals surface area contributed by atoms with Crippen molar-refractivity contribution in [3.63, 3.8) is 0 Å². The molecule has 3 aromatic rings. The molecule has 1 amide bonds. The minimum absolute atomic E-state index is 0.0133. The van der Waals surface area contributed by atoms with Crippen LogP contribution in [0.3, 0.4) is 0 Å². The van der Waals surface area contributed by atoms with Gasteiger partial charge in [0.1, 0.15) is 12.4 Å². The molecule has 0 aliphatic carbocycles. The molecule has 1 atom stereocenters. The van der Waals surface area contributed by atoms with Crippen molar-refractivity contribution in [3.8, 4) is 11.4 Å². The second-order valence-electron chi connectivity index (χ2n) is 6.53. The minimum Gasteiger partial charge on any atom is -0.488 e. The summed E-state index contributed by atoms with van der Waals surface area (Å²) >= 11 is 0. The fraction of sp³-hybridized carbons (Fsp3) is 0.250. The number of amides is 1. The van der Waals surface area contributed by atoms with E-state index in [2.05, 4.69) is 15.6 Å². The summed E-state index contributed by atoms with van der Waals surface area (Å²) in [6.07, 6.45) is 0. The molecule has 28 heavy (non-hydrogen) atoms. The number of aryl methyl sites for hydroxylation is 1. The van der Waals surface area contributed by atoms with Crippen molar-refractivity contribution >= 4 is 5.91 Å². The maximum absolute atomic E-state index is 13.6. The molecule has 0 spiro atoms. The number of ether oxygens (including phenoxy) is 1. The highest BCUT2D eigenvalue weighted by Gasteiger charge is 2.19. The molecule has 6 nitrogen and oxygen atoms in total. The van der Waals surface area contributed by atoms with Gasteiger partial charge in [-0.25, -0.2) is 13.5 Å². The molecule has 8 heteroatoms. The van der Waals surface area contributed by atoms with Crippen LogP contribution in [-0.2, 0) is 0 Å². The number of rotatable bonds is 6. The summed E-state index contributed by atoms with van der Waals surface area (Å²) in [5.41, 5.74) is 2.67. The first-order chi connectivity index (χ1) is 13.3. The molecule has 0 radical (unpaired) electrons. The number of aromatic nitrogens is 3. The van der Waals surface area contributed by atoms with Gasteiger partial charge in [0.15, 0.2) is 17.3 Å². The lowest BCUT2D eigenvalue weighted by Crippen LogP contribution is -2.37. The van der Waals surface area contributed by atoms with Crippen molar-refractivity contribution in [2.45, 2.75) is 26.8 Å². The van der Waals surface area contributed by atoms with Crippen LogP contribution in [0, 0.1) is 25.5 Å². The molecular weight excluding hydrogens is 366 g/mol. The molecular formula is C20H20F2N4O2. The van der Waals surface area contributed by atoms with Crippen molar-refractivity contribution in [2.24, 2.45) is 0 Å². The summed E-state index contributed by atoms with van der Waals surface area (Å²) in [7, 11) is 0. The van der Waals surface area contributed by atoms with Crippen LogP contribution in [-0.4, -0.2) is 33.5 Å². The Labute approximate surface area is 161 Å². The van der Waals surface area contributed by atoms with Gasteiger partial charge in [-0.2, -0.15) is 0 Å². The van der Waals surface area contributed by atoms with Crippen molar-refractivity contribution in [1.29, 1.82) is 0 Å². The van der Waals surface area contributed by atoms with Gasteiger partial charge in [0.2, 0.25) is 0 Å². The first-order valence-electron chi connectivity index (χ1n) is 8.73. The van der Waals surface area contributed by atoms with E-state index >= 15 is 0 Å². The predicted molar refractivity (Wildman–Crippen MR) is 99.6 cm³/mol. The topological polar surface area (TPSA) is 69.0 Å². The van der Waals surface area contributed by atoms with Gasteiger partial charge in [-0.1, -0.05) is 17.3 Å². The third kappa shape index (κ3) is 4.33. The third-order valence-corrected chi connectivity index (χ3v) is 4.12. The number of nitrogens with one attached hydrogen (secondary N) is 1. The highest BCUT2D eigenvalue weighted by molar-refractivity contribution is 5.93. The first kappa shape index (κ1) is 19.5. The van der Waals surface area contributed by atoms with E-state index in [1.165, 1.54) is 6.07 Å². The molecule has 0 saturated heterocycles. The van der Waals surface area contributed by atoms with Crippen molar-refractivity contribution in [1.82, 2.24) is 20.3 Å². The fourth-order valence-electron chi connectivity index (χ4n) is 2.68. The molecule has 146 valence electrons. The van der Waals surface area contributed by atoms with Gasteiger partial charge < -0.3 is 10.1 Å². The standard InChI is InChI=1S/C20H20F2N4O2/c1-12-5-4-6-16(9-12)26-14(3)19(24-25-26)20(27)23-13(2)11-28-18-8-7-15(21)10-17(18)22/h4-10,13H,11H2,1-3H3,(H,23,27). The number of carbonyl (C=O) groups is 1. The Balaban J connectivity index is 1.64. The minimum atomic E-state index is -0.796. The zero-order valence-corrected chi connectivity index (χ0v) is 15.7. The summed E-state index contributed by atoms with van der Waals surface area (Å²) in [5.74, 6) is -1.97. The molecule has 2 aromatic carbocycles. The number of hydrogen-bond donors (Lipinski definition) is 1. The molecule has 1 aromatic heterocycles. The zero-order chi connectivity index (χ0) is 20.3. The summed E-state index contributed by atoms with van der Waals surface area (Å²) < 4.78 is 33.4. The van der Waals surface area contributed by atoms with Crippen LogP contribution in [0.2, 0.25) is 0 Å². The Morgan fingerprint density at radius 2 is 2.00 bits per heavy atom. The number of nitrogens with zero attached hydrogens (tertiary/aromatic N) is 3. The van der Waals surface area contributed by atoms with Gasteiger partial charge >= 0.3 is 0 Å². The highest BCUT2D eigenvalue weighted by Crippen LogP contribution is 2.18. The Hall–Kier alpha value is -3.29. The van der Waals surface area contributed by atoms with E-state index in [9.17, 15) is 13.6 Å². The summed E-state index contributed by atoms with van der Waals surface area (Å²) in [4.78, 5) is 12.5. The van der Waals surface area contributed by atoms with Crippen LogP contribution in [0.5, 0.6) is 5.75 Å². The molecule has 0 saturated carbocycles. The van der Waals surface area contributed by atoms with E-state index in [1.807, 2.05) is 31.2 Å². The van der Waals surface area contributed by atoms with Gasteiger partial charge in [-0.3, -0.25) is 4.79 Å². The lowest BCUT2D eigenvalue weighted by molar-refractivity contribution is 0.0920. The third-order valence-electron chi connectivity index (χ3n) is 4.12. The summed E-state index contributed by atoms with van der Waals surface area (Å²) in [6.45, 7) is 5.44. The maximum Gasteiger partial charge on any atom is 0.274 e. The van der Waals surface area contributed by atoms with E-state index in [-0.39, 0.29) is 18.1 Å². The van der Waals surface area contributed by atoms with Gasteiger partial charge in [0.05, 0.1) is 17.4 Å². The van der Waals surface area contributed by atoms with E-state index in [4.69, 9.17) is 4.74 Å². The lowest BCUT2D eigenvalue weighted by atomic mass is 10.2. The molecule has 1 unspecified atom stereocenters. The van der Waals surface area contributed by atoms with Crippen LogP contribution in [0.25, 0.3) is 5.69 Å². The Bertz CT molecular complexity index is 1000. The smallest absolute Gasteiger partial charge is 0.274 e. The zero-order valence-electron chi connectivity index (χ0n) is 15.7. The molecule has 1 heterocycles. The quantitative estimate of drug-likeness (QED) is 0.705. The number of hydrogen-bond acceptors (Lipinski definition) is 4. The van der Waals surface area contributed by atoms with E-state index in [0.717, 1.165) is 23.4 Å². The van der Waals surface area contributed by atoms with Crippen LogP contribution >= 0.6 is 0 Å². The molecule has 3 rings (SSSR count). The molecule has 0 aliphatic heterocycles. The van der Waals surface area contributed by atoms with Crippen molar-refractivity contribution in [2.75, 3.05) is 6.61 Å². The fourth-order valence-corrected chi connectivity index (χ4v) is 2.68. The molecule has 0 aliphatic rings. The Morgan fingerprint density at radius 3 is 2.71 bits per heavy atom. The van der Waals surface area contributed by atoms with Crippen LogP contribution < -0.4 is 10.1 Å². The SMILES string of the molecule is Cc1cccc(-n2nnc(C(=O)NC(C)COc3ccc(F)cc3F)c2C)c1. The monoisotopic (exact) mass is 386 g/mol. The Kier molecular flexibility index (Phi) is 5.67. The van der Waals surface area contributed by atoms with Gasteiger partial charge in [0.25, 0.3) is 5.91 Å². The van der Waals surface area contributed by atoms with Gasteiger partial charge in [-0.15, -0.1) is 5.10 Å². The largest absolute Gasteiger partial charge is 0.488 e. The van der Waals surface area contributed by atoms with Crippen LogP contribution in [0.4, 0.5) is 8.78 Å². The number of benzene rings is 2. The predicted octanol–water partition coefficient (Wildman–Crippen LogP) is 3.36. The second-order valence-corrected chi connectivity index (χ2v) is 6.53. The second kappa shape index (κ2) is 8.16. The van der Waals surface area contributed by atoms with Crippen LogP contribution in [0.15, 0.2) is 42.5 Å². The molecule has 1 N–H and O–H groups in total. The van der Waals surface area contributed by atoms with Crippen molar-refractivity contribution < 1.29 is 18.3 Å². The van der Waals surface area contributed by atoms with Crippen molar-refractivity contribution in [3.05, 3.63) is 71.1 Å². The number of carbonyl (C=O) groups excluding carboxylic acids is 1. The van der Waals surface area contributed by atoms with Crippen LogP contribution in [0.1, 0.15) is 28.7 Å². The normalized spacial score (nSPS) is 11.9. The average molecular weight is 386 g/mol. The lowest BCUT2D eigenvalue weighted by Gasteiger charge is -2.15. The van der Waals surface area contributed by atoms with E-state index < -0.39 is 23.6 Å². The molecule has 0 bridgehead atoms. The number of halogens is 2.